The number of hydrazone groups is 1. The zero-order valence-corrected chi connectivity index (χ0v) is 11.9. The van der Waals surface area contributed by atoms with Gasteiger partial charge in [0.05, 0.1) is 6.42 Å². The highest BCUT2D eigenvalue weighted by molar-refractivity contribution is 6.00. The van der Waals surface area contributed by atoms with Gasteiger partial charge in [-0.1, -0.05) is 27.2 Å². The second-order valence-corrected chi connectivity index (χ2v) is 4.86. The summed E-state index contributed by atoms with van der Waals surface area (Å²) in [5, 5.41) is 6.70. The molecule has 0 unspecified atom stereocenters. The molecule has 0 aromatic heterocycles. The van der Waals surface area contributed by atoms with Crippen LogP contribution in [0.15, 0.2) is 5.10 Å². The van der Waals surface area contributed by atoms with Gasteiger partial charge in [0, 0.05) is 18.7 Å². The number of rotatable bonds is 8. The van der Waals surface area contributed by atoms with Crippen LogP contribution < -0.4 is 10.7 Å². The second-order valence-electron chi connectivity index (χ2n) is 4.86. The topological polar surface area (TPSA) is 70.6 Å². The quantitative estimate of drug-likeness (QED) is 0.513. The Hall–Kier alpha value is -1.39. The Morgan fingerprint density at radius 1 is 1.22 bits per heavy atom. The number of carbonyl (C=O) groups excluding carboxylic acids is 2. The van der Waals surface area contributed by atoms with Crippen LogP contribution in [0.25, 0.3) is 0 Å². The lowest BCUT2D eigenvalue weighted by molar-refractivity contribution is -0.121. The summed E-state index contributed by atoms with van der Waals surface area (Å²) in [5.41, 5.74) is 3.07. The van der Waals surface area contributed by atoms with E-state index in [9.17, 15) is 9.59 Å². The first-order chi connectivity index (χ1) is 8.45. The van der Waals surface area contributed by atoms with Gasteiger partial charge in [-0.05, 0) is 19.3 Å². The third kappa shape index (κ3) is 9.81. The Balaban J connectivity index is 3.89. The van der Waals surface area contributed by atoms with Crippen molar-refractivity contribution < 1.29 is 9.59 Å². The molecule has 0 fully saturated rings. The first-order valence-corrected chi connectivity index (χ1v) is 6.54. The van der Waals surface area contributed by atoms with Crippen LogP contribution in [0, 0.1) is 5.92 Å². The van der Waals surface area contributed by atoms with E-state index in [-0.39, 0.29) is 18.2 Å². The van der Waals surface area contributed by atoms with Crippen LogP contribution >= 0.6 is 0 Å². The normalized spacial score (nSPS) is 11.5. The molecule has 0 saturated carbocycles. The molecule has 0 heterocycles. The molecule has 0 bridgehead atoms. The average Bonchev–Trinajstić information content (AvgIpc) is 2.31. The third-order valence-corrected chi connectivity index (χ3v) is 2.25. The molecule has 0 aliphatic carbocycles. The van der Waals surface area contributed by atoms with Gasteiger partial charge in [0.15, 0.2) is 0 Å². The minimum atomic E-state index is -0.0983. The van der Waals surface area contributed by atoms with Crippen molar-refractivity contribution in [3.8, 4) is 0 Å². The number of hydrogen-bond acceptors (Lipinski definition) is 3. The summed E-state index contributed by atoms with van der Waals surface area (Å²) in [6.45, 7) is 8.50. The fraction of sp³-hybridized carbons (Fsp3) is 0.769. The van der Waals surface area contributed by atoms with Gasteiger partial charge in [-0.3, -0.25) is 9.59 Å². The zero-order valence-electron chi connectivity index (χ0n) is 11.9. The van der Waals surface area contributed by atoms with E-state index in [1.54, 1.807) is 6.92 Å². The summed E-state index contributed by atoms with van der Waals surface area (Å²) < 4.78 is 0. The van der Waals surface area contributed by atoms with Gasteiger partial charge in [-0.2, -0.15) is 5.10 Å². The monoisotopic (exact) mass is 255 g/mol. The molecule has 18 heavy (non-hydrogen) atoms. The van der Waals surface area contributed by atoms with Crippen LogP contribution in [-0.2, 0) is 9.59 Å². The molecule has 0 radical (unpaired) electrons. The number of carbonyl (C=O) groups is 2. The molecule has 0 aromatic carbocycles. The van der Waals surface area contributed by atoms with Crippen LogP contribution in [0.4, 0.5) is 0 Å². The van der Waals surface area contributed by atoms with Crippen LogP contribution in [0.1, 0.15) is 53.4 Å². The summed E-state index contributed by atoms with van der Waals surface area (Å²) in [5.74, 6) is 0.270. The van der Waals surface area contributed by atoms with Crippen LogP contribution in [0.2, 0.25) is 0 Å². The standard InChI is InChI=1S/C13H25N3O2/c1-5-6-7-12(17)16-15-11(4)8-13(18)14-9-10(2)3/h10H,5-9H2,1-4H3,(H,14,18)(H,16,17). The van der Waals surface area contributed by atoms with Crippen LogP contribution in [-0.4, -0.2) is 24.1 Å². The molecule has 2 amide bonds. The lowest BCUT2D eigenvalue weighted by Gasteiger charge is -2.07. The van der Waals surface area contributed by atoms with Gasteiger partial charge >= 0.3 is 0 Å². The predicted molar refractivity (Wildman–Crippen MR) is 73.2 cm³/mol. The molecule has 0 aliphatic rings. The van der Waals surface area contributed by atoms with Crippen LogP contribution in [0.3, 0.4) is 0 Å². The highest BCUT2D eigenvalue weighted by atomic mass is 16.2. The number of unbranched alkanes of at least 4 members (excludes halogenated alkanes) is 1. The molecular weight excluding hydrogens is 230 g/mol. The molecule has 5 heteroatoms. The maximum Gasteiger partial charge on any atom is 0.240 e. The van der Waals surface area contributed by atoms with Gasteiger partial charge < -0.3 is 5.32 Å². The van der Waals surface area contributed by atoms with Gasteiger partial charge in [-0.25, -0.2) is 5.43 Å². The highest BCUT2D eigenvalue weighted by Gasteiger charge is 2.05. The van der Waals surface area contributed by atoms with Crippen molar-refractivity contribution in [2.45, 2.75) is 53.4 Å². The molecule has 104 valence electrons. The number of hydrogen-bond donors (Lipinski definition) is 2. The summed E-state index contributed by atoms with van der Waals surface area (Å²) in [6.07, 6.45) is 2.54. The Kier molecular flexibility index (Phi) is 8.88. The molecule has 0 spiro atoms. The molecule has 0 rings (SSSR count). The second kappa shape index (κ2) is 9.62. The molecule has 0 atom stereocenters. The van der Waals surface area contributed by atoms with E-state index >= 15 is 0 Å². The SMILES string of the molecule is CCCCC(=O)NN=C(C)CC(=O)NCC(C)C. The minimum absolute atomic E-state index is 0.0623. The molecule has 2 N–H and O–H groups in total. The van der Waals surface area contributed by atoms with Crippen molar-refractivity contribution in [2.75, 3.05) is 6.54 Å². The van der Waals surface area contributed by atoms with Crippen molar-refractivity contribution in [1.82, 2.24) is 10.7 Å². The Morgan fingerprint density at radius 3 is 2.44 bits per heavy atom. The highest BCUT2D eigenvalue weighted by Crippen LogP contribution is 1.94. The lowest BCUT2D eigenvalue weighted by Crippen LogP contribution is -2.29. The Labute approximate surface area is 109 Å². The van der Waals surface area contributed by atoms with Gasteiger partial charge in [0.2, 0.25) is 11.8 Å². The first-order valence-electron chi connectivity index (χ1n) is 6.54. The van der Waals surface area contributed by atoms with Gasteiger partial charge in [-0.15, -0.1) is 0 Å². The fourth-order valence-corrected chi connectivity index (χ4v) is 1.20. The Bertz CT molecular complexity index is 299. The third-order valence-electron chi connectivity index (χ3n) is 2.25. The summed E-state index contributed by atoms with van der Waals surface area (Å²) >= 11 is 0. The van der Waals surface area contributed by atoms with Crippen molar-refractivity contribution in [3.63, 3.8) is 0 Å². The maximum atomic E-state index is 11.5. The van der Waals surface area contributed by atoms with E-state index in [2.05, 4.69) is 15.8 Å². The molecule has 0 aromatic rings. The summed E-state index contributed by atoms with van der Waals surface area (Å²) in [4.78, 5) is 22.8. The largest absolute Gasteiger partial charge is 0.356 e. The van der Waals surface area contributed by atoms with E-state index in [0.29, 0.717) is 24.6 Å². The van der Waals surface area contributed by atoms with Gasteiger partial charge in [0.25, 0.3) is 0 Å². The predicted octanol–water partition coefficient (Wildman–Crippen LogP) is 1.83. The zero-order chi connectivity index (χ0) is 14.0. The van der Waals surface area contributed by atoms with Crippen molar-refractivity contribution in [3.05, 3.63) is 0 Å². The van der Waals surface area contributed by atoms with Gasteiger partial charge in [0.1, 0.15) is 0 Å². The molecule has 0 aliphatic heterocycles. The molecule has 5 nitrogen and oxygen atoms in total. The first kappa shape index (κ1) is 16.6. The average molecular weight is 255 g/mol. The minimum Gasteiger partial charge on any atom is -0.356 e. The van der Waals surface area contributed by atoms with Crippen molar-refractivity contribution >= 4 is 17.5 Å². The van der Waals surface area contributed by atoms with Crippen molar-refractivity contribution in [1.29, 1.82) is 0 Å². The molecule has 0 saturated heterocycles. The van der Waals surface area contributed by atoms with E-state index in [4.69, 9.17) is 0 Å². The van der Waals surface area contributed by atoms with E-state index in [1.165, 1.54) is 0 Å². The number of nitrogens with zero attached hydrogens (tertiary/aromatic N) is 1. The van der Waals surface area contributed by atoms with Crippen LogP contribution in [0.5, 0.6) is 0 Å². The molecular formula is C13H25N3O2. The summed E-state index contributed by atoms with van der Waals surface area (Å²) in [6, 6.07) is 0. The lowest BCUT2D eigenvalue weighted by atomic mass is 10.2. The van der Waals surface area contributed by atoms with E-state index in [0.717, 1.165) is 12.8 Å². The maximum absolute atomic E-state index is 11.5. The van der Waals surface area contributed by atoms with E-state index < -0.39 is 0 Å². The fourth-order valence-electron chi connectivity index (χ4n) is 1.20. The summed E-state index contributed by atoms with van der Waals surface area (Å²) in [7, 11) is 0. The Morgan fingerprint density at radius 2 is 1.89 bits per heavy atom. The number of amides is 2. The smallest absolute Gasteiger partial charge is 0.240 e. The van der Waals surface area contributed by atoms with E-state index in [1.807, 2.05) is 20.8 Å². The van der Waals surface area contributed by atoms with Crippen molar-refractivity contribution in [2.24, 2.45) is 11.0 Å². The number of nitrogens with one attached hydrogen (secondary N) is 2.